The van der Waals surface area contributed by atoms with Crippen molar-refractivity contribution in [3.63, 3.8) is 0 Å². The molecule has 0 saturated carbocycles. The second-order valence-electron chi connectivity index (χ2n) is 3.90. The zero-order valence-corrected chi connectivity index (χ0v) is 10.8. The lowest BCUT2D eigenvalue weighted by Crippen LogP contribution is -2.00. The number of aryl methyl sites for hydroxylation is 2. The van der Waals surface area contributed by atoms with E-state index in [1.807, 2.05) is 43.5 Å². The lowest BCUT2D eigenvalue weighted by molar-refractivity contribution is 0.223. The maximum Gasteiger partial charge on any atom is 0.115 e. The minimum Gasteiger partial charge on any atom is -0.383 e. The molecule has 16 heavy (non-hydrogen) atoms. The van der Waals surface area contributed by atoms with Crippen molar-refractivity contribution in [1.29, 1.82) is 0 Å². The van der Waals surface area contributed by atoms with Gasteiger partial charge in [0.05, 0.1) is 9.90 Å². The molecule has 1 nitrogen and oxygen atoms in total. The van der Waals surface area contributed by atoms with Crippen molar-refractivity contribution in [2.45, 2.75) is 20.0 Å². The SMILES string of the molecule is Cc1ccc(C)c(C(O)c2sccc2Cl)c1. The van der Waals surface area contributed by atoms with Crippen molar-refractivity contribution in [2.75, 3.05) is 0 Å². The summed E-state index contributed by atoms with van der Waals surface area (Å²) >= 11 is 7.51. The summed E-state index contributed by atoms with van der Waals surface area (Å²) in [7, 11) is 0. The Morgan fingerprint density at radius 1 is 1.25 bits per heavy atom. The highest BCUT2D eigenvalue weighted by Gasteiger charge is 2.17. The topological polar surface area (TPSA) is 20.2 Å². The molecule has 1 aromatic carbocycles. The number of hydrogen-bond acceptors (Lipinski definition) is 2. The molecule has 2 aromatic rings. The maximum atomic E-state index is 10.3. The second-order valence-corrected chi connectivity index (χ2v) is 5.25. The minimum absolute atomic E-state index is 0.618. The molecule has 3 heteroatoms. The molecular weight excluding hydrogens is 240 g/mol. The summed E-state index contributed by atoms with van der Waals surface area (Å²) in [6.45, 7) is 4.02. The average molecular weight is 253 g/mol. The van der Waals surface area contributed by atoms with Crippen LogP contribution in [0.25, 0.3) is 0 Å². The maximum absolute atomic E-state index is 10.3. The fourth-order valence-corrected chi connectivity index (χ4v) is 2.86. The Morgan fingerprint density at radius 3 is 2.62 bits per heavy atom. The summed E-state index contributed by atoms with van der Waals surface area (Å²) in [5.41, 5.74) is 3.17. The van der Waals surface area contributed by atoms with Crippen molar-refractivity contribution in [1.82, 2.24) is 0 Å². The Labute approximate surface area is 104 Å². The molecule has 0 bridgehead atoms. The summed E-state index contributed by atoms with van der Waals surface area (Å²) in [5, 5.41) is 12.8. The van der Waals surface area contributed by atoms with Gasteiger partial charge in [0.2, 0.25) is 0 Å². The predicted molar refractivity (Wildman–Crippen MR) is 69.3 cm³/mol. The normalized spacial score (nSPS) is 12.8. The van der Waals surface area contributed by atoms with Crippen LogP contribution in [0.2, 0.25) is 5.02 Å². The number of hydrogen-bond donors (Lipinski definition) is 1. The Bertz CT molecular complexity index is 504. The van der Waals surface area contributed by atoms with E-state index < -0.39 is 6.10 Å². The molecule has 0 aliphatic heterocycles. The molecule has 1 atom stereocenters. The van der Waals surface area contributed by atoms with Crippen LogP contribution in [-0.4, -0.2) is 5.11 Å². The Morgan fingerprint density at radius 2 is 2.00 bits per heavy atom. The van der Waals surface area contributed by atoms with E-state index in [4.69, 9.17) is 11.6 Å². The van der Waals surface area contributed by atoms with Crippen LogP contribution in [0.4, 0.5) is 0 Å². The van der Waals surface area contributed by atoms with Gasteiger partial charge in [-0.1, -0.05) is 35.4 Å². The number of halogens is 1. The van der Waals surface area contributed by atoms with E-state index in [-0.39, 0.29) is 0 Å². The highest BCUT2D eigenvalue weighted by atomic mass is 35.5. The van der Waals surface area contributed by atoms with Gasteiger partial charge >= 0.3 is 0 Å². The molecule has 1 aromatic heterocycles. The van der Waals surface area contributed by atoms with Gasteiger partial charge in [-0.15, -0.1) is 11.3 Å². The molecule has 1 unspecified atom stereocenters. The van der Waals surface area contributed by atoms with Gasteiger partial charge in [-0.2, -0.15) is 0 Å². The second kappa shape index (κ2) is 4.58. The third-order valence-corrected chi connectivity index (χ3v) is 4.03. The molecule has 0 aliphatic carbocycles. The molecule has 1 heterocycles. The number of aliphatic hydroxyl groups is 1. The fraction of sp³-hybridized carbons (Fsp3) is 0.231. The molecular formula is C13H13ClOS. The monoisotopic (exact) mass is 252 g/mol. The molecule has 84 valence electrons. The Kier molecular flexibility index (Phi) is 3.33. The number of aliphatic hydroxyl groups excluding tert-OH is 1. The van der Waals surface area contributed by atoms with Gasteiger partial charge in [0.25, 0.3) is 0 Å². The van der Waals surface area contributed by atoms with Crippen LogP contribution >= 0.6 is 22.9 Å². The van der Waals surface area contributed by atoms with Crippen molar-refractivity contribution in [3.05, 3.63) is 56.2 Å². The Hall–Kier alpha value is -0.830. The molecule has 0 fully saturated rings. The fourth-order valence-electron chi connectivity index (χ4n) is 1.70. The first-order valence-corrected chi connectivity index (χ1v) is 6.33. The highest BCUT2D eigenvalue weighted by molar-refractivity contribution is 7.10. The standard InChI is InChI=1S/C13H13ClOS/c1-8-3-4-9(2)10(7-8)12(15)13-11(14)5-6-16-13/h3-7,12,15H,1-2H3. The van der Waals surface area contributed by atoms with Gasteiger partial charge < -0.3 is 5.11 Å². The first-order chi connectivity index (χ1) is 7.59. The van der Waals surface area contributed by atoms with Crippen molar-refractivity contribution < 1.29 is 5.11 Å². The van der Waals surface area contributed by atoms with Gasteiger partial charge in [0.1, 0.15) is 6.10 Å². The van der Waals surface area contributed by atoms with E-state index in [9.17, 15) is 5.11 Å². The molecule has 0 saturated heterocycles. The van der Waals surface area contributed by atoms with E-state index in [0.717, 1.165) is 21.6 Å². The third kappa shape index (κ3) is 2.14. The van der Waals surface area contributed by atoms with E-state index in [1.54, 1.807) is 0 Å². The summed E-state index contributed by atoms with van der Waals surface area (Å²) in [5.74, 6) is 0. The molecule has 0 aliphatic rings. The lowest BCUT2D eigenvalue weighted by atomic mass is 10.00. The largest absolute Gasteiger partial charge is 0.383 e. The van der Waals surface area contributed by atoms with Crippen LogP contribution in [0.1, 0.15) is 27.7 Å². The number of rotatable bonds is 2. The zero-order valence-electron chi connectivity index (χ0n) is 9.20. The van der Waals surface area contributed by atoms with Crippen LogP contribution in [0.5, 0.6) is 0 Å². The van der Waals surface area contributed by atoms with Crippen molar-refractivity contribution in [3.8, 4) is 0 Å². The highest BCUT2D eigenvalue weighted by Crippen LogP contribution is 2.34. The molecule has 0 amide bonds. The van der Waals surface area contributed by atoms with Crippen molar-refractivity contribution in [2.24, 2.45) is 0 Å². The molecule has 2 rings (SSSR count). The lowest BCUT2D eigenvalue weighted by Gasteiger charge is -2.13. The van der Waals surface area contributed by atoms with E-state index in [2.05, 4.69) is 0 Å². The summed E-state index contributed by atoms with van der Waals surface area (Å²) in [6.07, 6.45) is -0.618. The Balaban J connectivity index is 2.45. The van der Waals surface area contributed by atoms with Gasteiger partial charge in [-0.05, 0) is 36.4 Å². The molecule has 1 N–H and O–H groups in total. The van der Waals surface area contributed by atoms with Crippen LogP contribution in [0.15, 0.2) is 29.6 Å². The quantitative estimate of drug-likeness (QED) is 0.853. The minimum atomic E-state index is -0.618. The average Bonchev–Trinajstić information content (AvgIpc) is 2.67. The first-order valence-electron chi connectivity index (χ1n) is 5.07. The van der Waals surface area contributed by atoms with Gasteiger partial charge in [0.15, 0.2) is 0 Å². The molecule has 0 spiro atoms. The van der Waals surface area contributed by atoms with Gasteiger partial charge in [-0.3, -0.25) is 0 Å². The smallest absolute Gasteiger partial charge is 0.115 e. The first kappa shape index (κ1) is 11.6. The van der Waals surface area contributed by atoms with Crippen LogP contribution in [0, 0.1) is 13.8 Å². The third-order valence-electron chi connectivity index (χ3n) is 2.62. The van der Waals surface area contributed by atoms with Gasteiger partial charge in [0, 0.05) is 0 Å². The van der Waals surface area contributed by atoms with Gasteiger partial charge in [-0.25, -0.2) is 0 Å². The van der Waals surface area contributed by atoms with Crippen LogP contribution in [0.3, 0.4) is 0 Å². The number of thiophene rings is 1. The number of benzene rings is 1. The van der Waals surface area contributed by atoms with E-state index in [0.29, 0.717) is 5.02 Å². The molecule has 0 radical (unpaired) electrons. The summed E-state index contributed by atoms with van der Waals surface area (Å²) < 4.78 is 0. The van der Waals surface area contributed by atoms with Crippen LogP contribution < -0.4 is 0 Å². The van der Waals surface area contributed by atoms with E-state index >= 15 is 0 Å². The van der Waals surface area contributed by atoms with E-state index in [1.165, 1.54) is 11.3 Å². The summed E-state index contributed by atoms with van der Waals surface area (Å²) in [6, 6.07) is 7.89. The summed E-state index contributed by atoms with van der Waals surface area (Å²) in [4.78, 5) is 0.815. The predicted octanol–water partition coefficient (Wildman–Crippen LogP) is 4.10. The van der Waals surface area contributed by atoms with Crippen molar-refractivity contribution >= 4 is 22.9 Å². The zero-order chi connectivity index (χ0) is 11.7. The van der Waals surface area contributed by atoms with Crippen LogP contribution in [-0.2, 0) is 0 Å².